The van der Waals surface area contributed by atoms with Crippen LogP contribution in [0.1, 0.15) is 19.4 Å². The summed E-state index contributed by atoms with van der Waals surface area (Å²) in [6.07, 6.45) is 0.873. The van der Waals surface area contributed by atoms with Gasteiger partial charge in [0.05, 0.1) is 6.54 Å². The lowest BCUT2D eigenvalue weighted by molar-refractivity contribution is -0.132. The molecule has 0 heterocycles. The van der Waals surface area contributed by atoms with Gasteiger partial charge in [0.25, 0.3) is 0 Å². The number of rotatable bonds is 8. The Morgan fingerprint density at radius 1 is 1.14 bits per heavy atom. The summed E-state index contributed by atoms with van der Waals surface area (Å²) in [7, 11) is 1.97. The number of hydrogen-bond donors (Lipinski definition) is 1. The van der Waals surface area contributed by atoms with E-state index in [-0.39, 0.29) is 30.7 Å². The third-order valence-electron chi connectivity index (χ3n) is 3.53. The van der Waals surface area contributed by atoms with Crippen LogP contribution >= 0.6 is 24.8 Å². The van der Waals surface area contributed by atoms with Crippen molar-refractivity contribution in [3.05, 3.63) is 35.9 Å². The van der Waals surface area contributed by atoms with Crippen LogP contribution in [-0.4, -0.2) is 55.0 Å². The normalized spacial score (nSPS) is 10.1. The molecule has 22 heavy (non-hydrogen) atoms. The van der Waals surface area contributed by atoms with E-state index >= 15 is 0 Å². The number of nitrogens with zero attached hydrogens (tertiary/aromatic N) is 2. The van der Waals surface area contributed by atoms with Crippen LogP contribution in [-0.2, 0) is 11.2 Å². The molecule has 0 aliphatic carbocycles. The van der Waals surface area contributed by atoms with Crippen molar-refractivity contribution < 1.29 is 4.79 Å². The molecular formula is C16H29Cl2N3O. The van der Waals surface area contributed by atoms with Gasteiger partial charge in [0.2, 0.25) is 5.91 Å². The van der Waals surface area contributed by atoms with Crippen molar-refractivity contribution in [1.82, 2.24) is 9.80 Å². The summed E-state index contributed by atoms with van der Waals surface area (Å²) in [5.41, 5.74) is 6.87. The molecule has 2 N–H and O–H groups in total. The Bertz CT molecular complexity index is 402. The van der Waals surface area contributed by atoms with Crippen LogP contribution < -0.4 is 5.73 Å². The lowest BCUT2D eigenvalue weighted by Gasteiger charge is -2.27. The van der Waals surface area contributed by atoms with Crippen LogP contribution in [0.5, 0.6) is 0 Å². The fourth-order valence-electron chi connectivity index (χ4n) is 1.92. The highest BCUT2D eigenvalue weighted by Crippen LogP contribution is 2.03. The number of carbonyl (C=O) groups excluding carboxylic acids is 1. The molecular weight excluding hydrogens is 321 g/mol. The lowest BCUT2D eigenvalue weighted by Crippen LogP contribution is -2.44. The van der Waals surface area contributed by atoms with Gasteiger partial charge in [0.1, 0.15) is 0 Å². The molecule has 0 unspecified atom stereocenters. The summed E-state index contributed by atoms with van der Waals surface area (Å²) in [5, 5.41) is 0. The van der Waals surface area contributed by atoms with E-state index < -0.39 is 0 Å². The molecule has 0 radical (unpaired) electrons. The maximum Gasteiger partial charge on any atom is 0.236 e. The molecule has 1 amide bonds. The first kappa shape index (κ1) is 23.5. The smallest absolute Gasteiger partial charge is 0.236 e. The van der Waals surface area contributed by atoms with E-state index in [9.17, 15) is 4.79 Å². The second-order valence-corrected chi connectivity index (χ2v) is 5.41. The number of nitrogens with two attached hydrogens (primary N) is 1. The quantitative estimate of drug-likeness (QED) is 0.782. The Balaban J connectivity index is 0. The van der Waals surface area contributed by atoms with Crippen molar-refractivity contribution in [1.29, 1.82) is 0 Å². The molecule has 0 bridgehead atoms. The highest BCUT2D eigenvalue weighted by atomic mass is 35.5. The van der Waals surface area contributed by atoms with E-state index in [2.05, 4.69) is 26.0 Å². The van der Waals surface area contributed by atoms with Crippen molar-refractivity contribution in [3.63, 3.8) is 0 Å². The maximum absolute atomic E-state index is 12.3. The second kappa shape index (κ2) is 12.7. The van der Waals surface area contributed by atoms with E-state index in [0.29, 0.717) is 25.7 Å². The first-order valence-electron chi connectivity index (χ1n) is 7.26. The molecule has 1 rings (SSSR count). The minimum atomic E-state index is 0. The standard InChI is InChI=1S/C16H27N3O.2ClH/c1-14(2)18(3)13-16(20)19(12-10-17)11-9-15-7-5-4-6-8-15;;/h4-8,14H,9-13,17H2,1-3H3;2*1H. The average Bonchev–Trinajstić information content (AvgIpc) is 2.44. The Hall–Kier alpha value is -0.810. The van der Waals surface area contributed by atoms with Crippen LogP contribution in [0, 0.1) is 0 Å². The SMILES string of the molecule is CC(C)N(C)CC(=O)N(CCN)CCc1ccccc1.Cl.Cl. The highest BCUT2D eigenvalue weighted by molar-refractivity contribution is 5.85. The summed E-state index contributed by atoms with van der Waals surface area (Å²) < 4.78 is 0. The van der Waals surface area contributed by atoms with Crippen molar-refractivity contribution in [3.8, 4) is 0 Å². The Morgan fingerprint density at radius 2 is 1.73 bits per heavy atom. The van der Waals surface area contributed by atoms with Gasteiger partial charge in [-0.25, -0.2) is 0 Å². The summed E-state index contributed by atoms with van der Waals surface area (Å²) in [4.78, 5) is 16.2. The van der Waals surface area contributed by atoms with Crippen molar-refractivity contribution in [2.75, 3.05) is 33.2 Å². The molecule has 4 nitrogen and oxygen atoms in total. The number of halogens is 2. The van der Waals surface area contributed by atoms with Gasteiger partial charge < -0.3 is 10.6 Å². The van der Waals surface area contributed by atoms with Crippen molar-refractivity contribution in [2.45, 2.75) is 26.3 Å². The molecule has 6 heteroatoms. The van der Waals surface area contributed by atoms with Crippen LogP contribution in [0.25, 0.3) is 0 Å². The van der Waals surface area contributed by atoms with Gasteiger partial charge in [0, 0.05) is 25.7 Å². The number of hydrogen-bond acceptors (Lipinski definition) is 3. The van der Waals surface area contributed by atoms with E-state index in [1.165, 1.54) is 5.56 Å². The van der Waals surface area contributed by atoms with Gasteiger partial charge in [-0.1, -0.05) is 30.3 Å². The summed E-state index contributed by atoms with van der Waals surface area (Å²) >= 11 is 0. The fraction of sp³-hybridized carbons (Fsp3) is 0.562. The molecule has 0 saturated carbocycles. The Labute approximate surface area is 146 Å². The zero-order valence-electron chi connectivity index (χ0n) is 13.7. The number of likely N-dealkylation sites (N-methyl/N-ethyl adjacent to an activating group) is 1. The molecule has 0 saturated heterocycles. The predicted octanol–water partition coefficient (Wildman–Crippen LogP) is 2.20. The summed E-state index contributed by atoms with van der Waals surface area (Å²) in [5.74, 6) is 0.155. The minimum absolute atomic E-state index is 0. The molecule has 0 fully saturated rings. The monoisotopic (exact) mass is 349 g/mol. The molecule has 1 aromatic carbocycles. The largest absolute Gasteiger partial charge is 0.340 e. The molecule has 0 atom stereocenters. The third kappa shape index (κ3) is 8.59. The van der Waals surface area contributed by atoms with Crippen LogP contribution in [0.2, 0.25) is 0 Å². The van der Waals surface area contributed by atoms with Gasteiger partial charge in [-0.2, -0.15) is 0 Å². The highest BCUT2D eigenvalue weighted by Gasteiger charge is 2.16. The van der Waals surface area contributed by atoms with Crippen molar-refractivity contribution >= 4 is 30.7 Å². The average molecular weight is 350 g/mol. The zero-order chi connectivity index (χ0) is 15.0. The summed E-state index contributed by atoms with van der Waals surface area (Å²) in [6.45, 7) is 6.48. The van der Waals surface area contributed by atoms with Gasteiger partial charge in [0.15, 0.2) is 0 Å². The first-order chi connectivity index (χ1) is 9.54. The minimum Gasteiger partial charge on any atom is -0.340 e. The number of carbonyl (C=O) groups is 1. The lowest BCUT2D eigenvalue weighted by atomic mass is 10.1. The molecule has 1 aromatic rings. The topological polar surface area (TPSA) is 49.6 Å². The van der Waals surface area contributed by atoms with E-state index in [0.717, 1.165) is 13.0 Å². The van der Waals surface area contributed by atoms with E-state index in [1.807, 2.05) is 35.0 Å². The summed E-state index contributed by atoms with van der Waals surface area (Å²) in [6, 6.07) is 10.6. The number of benzene rings is 1. The van der Waals surface area contributed by atoms with Crippen LogP contribution in [0.15, 0.2) is 30.3 Å². The first-order valence-corrected chi connectivity index (χ1v) is 7.26. The van der Waals surface area contributed by atoms with Crippen LogP contribution in [0.4, 0.5) is 0 Å². The predicted molar refractivity (Wildman–Crippen MR) is 98.0 cm³/mol. The van der Waals surface area contributed by atoms with Gasteiger partial charge in [-0.3, -0.25) is 9.69 Å². The molecule has 0 aliphatic heterocycles. The molecule has 0 aromatic heterocycles. The van der Waals surface area contributed by atoms with Gasteiger partial charge in [-0.05, 0) is 32.9 Å². The zero-order valence-corrected chi connectivity index (χ0v) is 15.3. The Kier molecular flexibility index (Phi) is 13.5. The van der Waals surface area contributed by atoms with E-state index in [4.69, 9.17) is 5.73 Å². The Morgan fingerprint density at radius 3 is 2.23 bits per heavy atom. The maximum atomic E-state index is 12.3. The van der Waals surface area contributed by atoms with E-state index in [1.54, 1.807) is 0 Å². The molecule has 0 spiro atoms. The number of amides is 1. The third-order valence-corrected chi connectivity index (χ3v) is 3.53. The molecule has 128 valence electrons. The van der Waals surface area contributed by atoms with Gasteiger partial charge >= 0.3 is 0 Å². The molecule has 0 aliphatic rings. The van der Waals surface area contributed by atoms with Gasteiger partial charge in [-0.15, -0.1) is 24.8 Å². The second-order valence-electron chi connectivity index (χ2n) is 5.41. The van der Waals surface area contributed by atoms with Crippen LogP contribution in [0.3, 0.4) is 0 Å². The fourth-order valence-corrected chi connectivity index (χ4v) is 1.92. The van der Waals surface area contributed by atoms with Crippen molar-refractivity contribution in [2.24, 2.45) is 5.73 Å².